The fraction of sp³-hybridized carbons (Fsp3) is 0.500. The molecule has 0 aromatic heterocycles. The van der Waals surface area contributed by atoms with E-state index in [9.17, 15) is 29.9 Å². The van der Waals surface area contributed by atoms with Gasteiger partial charge in [0.05, 0.1) is 17.6 Å². The summed E-state index contributed by atoms with van der Waals surface area (Å²) >= 11 is 0. The lowest BCUT2D eigenvalue weighted by molar-refractivity contribution is -0.385. The monoisotopic (exact) mass is 370 g/mol. The summed E-state index contributed by atoms with van der Waals surface area (Å²) in [6.45, 7) is 4.62. The SMILES string of the molecule is COC(=O)c1cc(C(O)C(O)CNC(=O)OC(C)(C)C)cc([N+](=O)[O-])c1. The number of nitrogens with zero attached hydrogens (tertiary/aromatic N) is 1. The third-order valence-electron chi connectivity index (χ3n) is 3.13. The van der Waals surface area contributed by atoms with Gasteiger partial charge in [-0.2, -0.15) is 0 Å². The molecule has 0 aliphatic carbocycles. The molecule has 3 N–H and O–H groups in total. The number of carbonyl (C=O) groups excluding carboxylic acids is 2. The van der Waals surface area contributed by atoms with Gasteiger partial charge in [0.1, 0.15) is 17.8 Å². The van der Waals surface area contributed by atoms with Crippen molar-refractivity contribution in [2.24, 2.45) is 0 Å². The third-order valence-corrected chi connectivity index (χ3v) is 3.13. The van der Waals surface area contributed by atoms with Crippen LogP contribution in [0.2, 0.25) is 0 Å². The number of aliphatic hydroxyl groups excluding tert-OH is 2. The second-order valence-electron chi connectivity index (χ2n) is 6.46. The lowest BCUT2D eigenvalue weighted by atomic mass is 10.0. The van der Waals surface area contributed by atoms with Crippen molar-refractivity contribution in [2.45, 2.75) is 38.6 Å². The number of alkyl carbamates (subject to hydrolysis) is 1. The number of methoxy groups -OCH3 is 1. The van der Waals surface area contributed by atoms with Gasteiger partial charge in [0.15, 0.2) is 0 Å². The summed E-state index contributed by atoms with van der Waals surface area (Å²) in [5.74, 6) is -0.830. The maximum atomic E-state index is 11.6. The van der Waals surface area contributed by atoms with Crippen molar-refractivity contribution >= 4 is 17.7 Å². The first-order chi connectivity index (χ1) is 11.9. The third kappa shape index (κ3) is 6.30. The molecule has 1 rings (SSSR count). The van der Waals surface area contributed by atoms with Crippen LogP contribution in [0.5, 0.6) is 0 Å². The van der Waals surface area contributed by atoms with E-state index in [1.807, 2.05) is 0 Å². The first-order valence-electron chi connectivity index (χ1n) is 7.65. The molecule has 1 aromatic carbocycles. The van der Waals surface area contributed by atoms with Crippen LogP contribution in [0.4, 0.5) is 10.5 Å². The minimum Gasteiger partial charge on any atom is -0.465 e. The van der Waals surface area contributed by atoms with Gasteiger partial charge in [-0.25, -0.2) is 9.59 Å². The highest BCUT2D eigenvalue weighted by Gasteiger charge is 2.25. The van der Waals surface area contributed by atoms with E-state index >= 15 is 0 Å². The Morgan fingerprint density at radius 2 is 1.88 bits per heavy atom. The van der Waals surface area contributed by atoms with Crippen LogP contribution in [0.15, 0.2) is 18.2 Å². The number of hydrogen-bond acceptors (Lipinski definition) is 8. The van der Waals surface area contributed by atoms with Crippen molar-refractivity contribution < 1.29 is 34.2 Å². The second-order valence-corrected chi connectivity index (χ2v) is 6.46. The highest BCUT2D eigenvalue weighted by Crippen LogP contribution is 2.24. The number of benzene rings is 1. The van der Waals surface area contributed by atoms with Crippen LogP contribution in [-0.4, -0.2) is 52.6 Å². The molecule has 2 atom stereocenters. The average Bonchev–Trinajstić information content (AvgIpc) is 2.56. The van der Waals surface area contributed by atoms with Crippen molar-refractivity contribution in [3.8, 4) is 0 Å². The van der Waals surface area contributed by atoms with Crippen LogP contribution in [0.25, 0.3) is 0 Å². The summed E-state index contributed by atoms with van der Waals surface area (Å²) in [6, 6.07) is 3.18. The van der Waals surface area contributed by atoms with E-state index in [0.717, 1.165) is 19.2 Å². The predicted molar refractivity (Wildman–Crippen MR) is 89.6 cm³/mol. The number of amides is 1. The smallest absolute Gasteiger partial charge is 0.407 e. The van der Waals surface area contributed by atoms with Crippen LogP contribution in [0, 0.1) is 10.1 Å². The van der Waals surface area contributed by atoms with Gasteiger partial charge in [-0.3, -0.25) is 10.1 Å². The quantitative estimate of drug-likeness (QED) is 0.385. The molecular formula is C16H22N2O8. The van der Waals surface area contributed by atoms with Crippen molar-refractivity contribution in [1.29, 1.82) is 0 Å². The molecule has 0 saturated heterocycles. The van der Waals surface area contributed by atoms with Crippen LogP contribution in [-0.2, 0) is 9.47 Å². The summed E-state index contributed by atoms with van der Waals surface area (Å²) in [5, 5.41) is 33.5. The number of ether oxygens (including phenoxy) is 2. The van der Waals surface area contributed by atoms with Crippen LogP contribution in [0.1, 0.15) is 42.8 Å². The summed E-state index contributed by atoms with van der Waals surface area (Å²) < 4.78 is 9.51. The maximum Gasteiger partial charge on any atom is 0.407 e. The molecule has 0 fully saturated rings. The first kappa shape index (κ1) is 21.3. The van der Waals surface area contributed by atoms with Crippen molar-refractivity contribution in [3.63, 3.8) is 0 Å². The Morgan fingerprint density at radius 3 is 2.38 bits per heavy atom. The fourth-order valence-electron chi connectivity index (χ4n) is 1.98. The van der Waals surface area contributed by atoms with E-state index in [4.69, 9.17) is 4.74 Å². The van der Waals surface area contributed by atoms with E-state index in [1.54, 1.807) is 20.8 Å². The molecule has 0 radical (unpaired) electrons. The standard InChI is InChI=1S/C16H22N2O8/c1-16(2,3)26-15(22)17-8-12(19)13(20)9-5-10(14(21)25-4)7-11(6-9)18(23)24/h5-7,12-13,19-20H,8H2,1-4H3,(H,17,22). The average molecular weight is 370 g/mol. The second kappa shape index (κ2) is 8.59. The van der Waals surface area contributed by atoms with Crippen molar-refractivity contribution in [1.82, 2.24) is 5.32 Å². The molecule has 144 valence electrons. The number of carbonyl (C=O) groups is 2. The number of nitrogens with one attached hydrogen (secondary N) is 1. The largest absolute Gasteiger partial charge is 0.465 e. The Bertz CT molecular complexity index is 683. The van der Waals surface area contributed by atoms with Gasteiger partial charge in [0.2, 0.25) is 0 Å². The molecule has 1 amide bonds. The molecule has 1 aromatic rings. The zero-order valence-corrected chi connectivity index (χ0v) is 14.9. The number of non-ortho nitro benzene ring substituents is 1. The normalized spacial score (nSPS) is 13.5. The summed E-state index contributed by atoms with van der Waals surface area (Å²) in [5.41, 5.74) is -1.40. The van der Waals surface area contributed by atoms with Gasteiger partial charge in [-0.1, -0.05) is 0 Å². The Balaban J connectivity index is 2.92. The fourth-order valence-corrected chi connectivity index (χ4v) is 1.98. The molecule has 10 heteroatoms. The van der Waals surface area contributed by atoms with E-state index in [0.29, 0.717) is 0 Å². The van der Waals surface area contributed by atoms with Crippen molar-refractivity contribution in [3.05, 3.63) is 39.4 Å². The van der Waals surface area contributed by atoms with E-state index in [2.05, 4.69) is 10.1 Å². The molecular weight excluding hydrogens is 348 g/mol. The maximum absolute atomic E-state index is 11.6. The minimum atomic E-state index is -1.59. The highest BCUT2D eigenvalue weighted by molar-refractivity contribution is 5.90. The Hall–Kier alpha value is -2.72. The number of hydrogen-bond donors (Lipinski definition) is 3. The number of nitro groups is 1. The zero-order chi connectivity index (χ0) is 20.1. The minimum absolute atomic E-state index is 0.0712. The number of rotatable bonds is 6. The van der Waals surface area contributed by atoms with Gasteiger partial charge in [-0.05, 0) is 32.4 Å². The molecule has 0 saturated carbocycles. The summed E-state index contributed by atoms with van der Waals surface area (Å²) in [6.07, 6.45) is -3.87. The van der Waals surface area contributed by atoms with Crippen molar-refractivity contribution in [2.75, 3.05) is 13.7 Å². The number of aliphatic hydroxyl groups is 2. The number of nitro benzene ring substituents is 1. The Labute approximate surface area is 149 Å². The molecule has 0 heterocycles. The van der Waals surface area contributed by atoms with E-state index in [1.165, 1.54) is 6.07 Å². The molecule has 2 unspecified atom stereocenters. The van der Waals surface area contributed by atoms with Gasteiger partial charge in [-0.15, -0.1) is 0 Å². The lowest BCUT2D eigenvalue weighted by Gasteiger charge is -2.22. The lowest BCUT2D eigenvalue weighted by Crippen LogP contribution is -2.38. The molecule has 0 aliphatic heterocycles. The topological polar surface area (TPSA) is 148 Å². The van der Waals surface area contributed by atoms with Gasteiger partial charge >= 0.3 is 12.1 Å². The van der Waals surface area contributed by atoms with Gasteiger partial charge < -0.3 is 25.0 Å². The van der Waals surface area contributed by atoms with Crippen LogP contribution >= 0.6 is 0 Å². The Kier molecular flexibility index (Phi) is 7.04. The molecule has 10 nitrogen and oxygen atoms in total. The molecule has 0 bridgehead atoms. The zero-order valence-electron chi connectivity index (χ0n) is 14.9. The van der Waals surface area contributed by atoms with Crippen LogP contribution < -0.4 is 5.32 Å². The van der Waals surface area contributed by atoms with E-state index in [-0.39, 0.29) is 17.7 Å². The van der Waals surface area contributed by atoms with Crippen LogP contribution in [0.3, 0.4) is 0 Å². The molecule has 26 heavy (non-hydrogen) atoms. The first-order valence-corrected chi connectivity index (χ1v) is 7.65. The molecule has 0 spiro atoms. The summed E-state index contributed by atoms with van der Waals surface area (Å²) in [7, 11) is 1.11. The van der Waals surface area contributed by atoms with Gasteiger partial charge in [0, 0.05) is 18.7 Å². The van der Waals surface area contributed by atoms with E-state index < -0.39 is 40.5 Å². The Morgan fingerprint density at radius 1 is 1.27 bits per heavy atom. The summed E-state index contributed by atoms with van der Waals surface area (Å²) in [4.78, 5) is 33.4. The highest BCUT2D eigenvalue weighted by atomic mass is 16.6. The number of esters is 1. The molecule has 0 aliphatic rings. The van der Waals surface area contributed by atoms with Gasteiger partial charge in [0.25, 0.3) is 5.69 Å². The predicted octanol–water partition coefficient (Wildman–Crippen LogP) is 1.30.